The molecular weight excluding hydrogens is 288 g/mol. The molecule has 1 heterocycles. The lowest BCUT2D eigenvalue weighted by Crippen LogP contribution is -2.11. The van der Waals surface area contributed by atoms with Gasteiger partial charge in [0.05, 0.1) is 6.61 Å². The number of aromatic nitrogens is 2. The highest BCUT2D eigenvalue weighted by molar-refractivity contribution is 7.71. The van der Waals surface area contributed by atoms with Gasteiger partial charge in [0.15, 0.2) is 4.77 Å². The molecule has 21 heavy (non-hydrogen) atoms. The number of unbranched alkanes of at least 4 members (excludes halogenated alkanes) is 5. The van der Waals surface area contributed by atoms with Crippen molar-refractivity contribution in [2.24, 2.45) is 0 Å². The first-order valence-electron chi connectivity index (χ1n) is 7.59. The van der Waals surface area contributed by atoms with E-state index in [0.717, 1.165) is 38.6 Å². The second kappa shape index (κ2) is 10.3. The Morgan fingerprint density at radius 3 is 2.57 bits per heavy atom. The van der Waals surface area contributed by atoms with Crippen molar-refractivity contribution in [3.8, 4) is 0 Å². The fraction of sp³-hybridized carbons (Fsp3) is 0.667. The number of esters is 1. The van der Waals surface area contributed by atoms with E-state index in [1.54, 1.807) is 13.1 Å². The Kier molecular flexibility index (Phi) is 8.66. The third-order valence-corrected chi connectivity index (χ3v) is 3.58. The average molecular weight is 312 g/mol. The SMILES string of the molecule is CCC(=O)OCCCCCCCCn1ccc(=O)[nH]c1=S. The van der Waals surface area contributed by atoms with Crippen LogP contribution in [-0.2, 0) is 16.1 Å². The molecular formula is C15H24N2O3S. The van der Waals surface area contributed by atoms with Crippen molar-refractivity contribution in [2.75, 3.05) is 6.61 Å². The number of aryl methyl sites for hydroxylation is 1. The van der Waals surface area contributed by atoms with Crippen LogP contribution in [0.15, 0.2) is 17.1 Å². The molecule has 1 aromatic rings. The highest BCUT2D eigenvalue weighted by atomic mass is 32.1. The molecule has 0 aliphatic rings. The van der Waals surface area contributed by atoms with Gasteiger partial charge in [-0.15, -0.1) is 0 Å². The number of nitrogens with zero attached hydrogens (tertiary/aromatic N) is 1. The van der Waals surface area contributed by atoms with Crippen LogP contribution < -0.4 is 5.56 Å². The van der Waals surface area contributed by atoms with Gasteiger partial charge in [-0.05, 0) is 25.1 Å². The largest absolute Gasteiger partial charge is 0.466 e. The van der Waals surface area contributed by atoms with Gasteiger partial charge < -0.3 is 9.30 Å². The van der Waals surface area contributed by atoms with Gasteiger partial charge in [-0.1, -0.05) is 32.6 Å². The van der Waals surface area contributed by atoms with E-state index in [1.165, 1.54) is 12.5 Å². The predicted octanol–water partition coefficient (Wildman–Crippen LogP) is 3.20. The first kappa shape index (κ1) is 17.6. The summed E-state index contributed by atoms with van der Waals surface area (Å²) in [5.74, 6) is -0.118. The van der Waals surface area contributed by atoms with Crippen LogP contribution in [0.1, 0.15) is 51.9 Å². The third kappa shape index (κ3) is 7.80. The van der Waals surface area contributed by atoms with E-state index in [0.29, 0.717) is 17.8 Å². The van der Waals surface area contributed by atoms with Crippen molar-refractivity contribution in [1.29, 1.82) is 0 Å². The second-order valence-corrected chi connectivity index (χ2v) is 5.39. The number of hydrogen-bond donors (Lipinski definition) is 1. The van der Waals surface area contributed by atoms with E-state index < -0.39 is 0 Å². The van der Waals surface area contributed by atoms with Crippen molar-refractivity contribution in [3.63, 3.8) is 0 Å². The van der Waals surface area contributed by atoms with Gasteiger partial charge in [0.1, 0.15) is 0 Å². The molecule has 6 heteroatoms. The molecule has 0 aromatic carbocycles. The second-order valence-electron chi connectivity index (χ2n) is 5.00. The Morgan fingerprint density at radius 1 is 1.24 bits per heavy atom. The van der Waals surface area contributed by atoms with Crippen molar-refractivity contribution in [1.82, 2.24) is 9.55 Å². The Hall–Kier alpha value is -1.43. The standard InChI is InChI=1S/C15H24N2O3S/c1-2-14(19)20-12-8-6-4-3-5-7-10-17-11-9-13(18)16-15(17)21/h9,11H,2-8,10,12H2,1H3,(H,16,18,21). The zero-order chi connectivity index (χ0) is 15.5. The van der Waals surface area contributed by atoms with Gasteiger partial charge >= 0.3 is 5.97 Å². The zero-order valence-electron chi connectivity index (χ0n) is 12.6. The number of H-pyrrole nitrogens is 1. The van der Waals surface area contributed by atoms with Gasteiger partial charge in [-0.2, -0.15) is 0 Å². The summed E-state index contributed by atoms with van der Waals surface area (Å²) >= 11 is 5.09. The van der Waals surface area contributed by atoms with Crippen LogP contribution in [0.5, 0.6) is 0 Å². The molecule has 0 amide bonds. The molecule has 0 spiro atoms. The summed E-state index contributed by atoms with van der Waals surface area (Å²) < 4.78 is 7.39. The maximum absolute atomic E-state index is 11.0. The summed E-state index contributed by atoms with van der Waals surface area (Å²) in [6, 6.07) is 1.49. The van der Waals surface area contributed by atoms with E-state index in [2.05, 4.69) is 4.98 Å². The monoisotopic (exact) mass is 312 g/mol. The van der Waals surface area contributed by atoms with Crippen molar-refractivity contribution >= 4 is 18.2 Å². The van der Waals surface area contributed by atoms with Crippen molar-refractivity contribution in [2.45, 2.75) is 58.4 Å². The summed E-state index contributed by atoms with van der Waals surface area (Å²) in [5, 5.41) is 0. The molecule has 0 aliphatic carbocycles. The number of hydrogen-bond acceptors (Lipinski definition) is 4. The molecule has 0 fully saturated rings. The number of rotatable bonds is 10. The van der Waals surface area contributed by atoms with E-state index in [1.807, 2.05) is 4.57 Å². The van der Waals surface area contributed by atoms with Crippen LogP contribution >= 0.6 is 12.2 Å². The summed E-state index contributed by atoms with van der Waals surface area (Å²) in [7, 11) is 0. The Balaban J connectivity index is 2.01. The molecule has 1 aromatic heterocycles. The molecule has 0 aliphatic heterocycles. The average Bonchev–Trinajstić information content (AvgIpc) is 2.47. The van der Waals surface area contributed by atoms with Crippen LogP contribution in [-0.4, -0.2) is 22.1 Å². The lowest BCUT2D eigenvalue weighted by atomic mass is 10.1. The minimum atomic E-state index is -0.153. The number of ether oxygens (including phenoxy) is 1. The van der Waals surface area contributed by atoms with Gasteiger partial charge in [0.2, 0.25) is 0 Å². The zero-order valence-corrected chi connectivity index (χ0v) is 13.4. The third-order valence-electron chi connectivity index (χ3n) is 3.24. The molecule has 0 atom stereocenters. The van der Waals surface area contributed by atoms with Crippen molar-refractivity contribution in [3.05, 3.63) is 27.4 Å². The van der Waals surface area contributed by atoms with Crippen LogP contribution in [0, 0.1) is 4.77 Å². The van der Waals surface area contributed by atoms with Gasteiger partial charge in [0.25, 0.3) is 5.56 Å². The molecule has 0 saturated carbocycles. The molecule has 1 rings (SSSR count). The van der Waals surface area contributed by atoms with Crippen LogP contribution in [0.25, 0.3) is 0 Å². The summed E-state index contributed by atoms with van der Waals surface area (Å²) in [5.41, 5.74) is -0.153. The van der Waals surface area contributed by atoms with Crippen LogP contribution in [0.2, 0.25) is 0 Å². The van der Waals surface area contributed by atoms with Crippen LogP contribution in [0.3, 0.4) is 0 Å². The predicted molar refractivity (Wildman–Crippen MR) is 84.8 cm³/mol. The Morgan fingerprint density at radius 2 is 1.90 bits per heavy atom. The topological polar surface area (TPSA) is 64.1 Å². The lowest BCUT2D eigenvalue weighted by Gasteiger charge is -2.06. The van der Waals surface area contributed by atoms with E-state index in [4.69, 9.17) is 17.0 Å². The highest BCUT2D eigenvalue weighted by Crippen LogP contribution is 2.07. The Bertz CT molecular complexity index is 536. The summed E-state index contributed by atoms with van der Waals surface area (Å²) in [6.45, 7) is 3.18. The van der Waals surface area contributed by atoms with E-state index >= 15 is 0 Å². The number of carbonyl (C=O) groups is 1. The molecule has 1 N–H and O–H groups in total. The van der Waals surface area contributed by atoms with E-state index in [9.17, 15) is 9.59 Å². The number of carbonyl (C=O) groups excluding carboxylic acids is 1. The van der Waals surface area contributed by atoms with Gasteiger partial charge in [-0.25, -0.2) is 0 Å². The number of nitrogens with one attached hydrogen (secondary N) is 1. The first-order valence-corrected chi connectivity index (χ1v) is 7.99. The lowest BCUT2D eigenvalue weighted by molar-refractivity contribution is -0.143. The van der Waals surface area contributed by atoms with Gasteiger partial charge in [-0.3, -0.25) is 14.6 Å². The molecule has 0 unspecified atom stereocenters. The Labute approximate surface area is 130 Å². The maximum Gasteiger partial charge on any atom is 0.305 e. The minimum absolute atomic E-state index is 0.118. The molecule has 0 bridgehead atoms. The summed E-state index contributed by atoms with van der Waals surface area (Å²) in [4.78, 5) is 24.6. The minimum Gasteiger partial charge on any atom is -0.466 e. The highest BCUT2D eigenvalue weighted by Gasteiger charge is 1.98. The van der Waals surface area contributed by atoms with E-state index in [-0.39, 0.29) is 11.5 Å². The van der Waals surface area contributed by atoms with Crippen LogP contribution in [0.4, 0.5) is 0 Å². The quantitative estimate of drug-likeness (QED) is 0.409. The smallest absolute Gasteiger partial charge is 0.305 e. The molecule has 118 valence electrons. The molecule has 0 radical (unpaired) electrons. The van der Waals surface area contributed by atoms with Crippen molar-refractivity contribution < 1.29 is 9.53 Å². The van der Waals surface area contributed by atoms with Gasteiger partial charge in [0, 0.05) is 25.2 Å². The summed E-state index contributed by atoms with van der Waals surface area (Å²) in [6.07, 6.45) is 8.72. The number of aromatic amines is 1. The fourth-order valence-electron chi connectivity index (χ4n) is 2.00. The maximum atomic E-state index is 11.0. The normalized spacial score (nSPS) is 10.5. The fourth-order valence-corrected chi connectivity index (χ4v) is 2.25. The molecule has 5 nitrogen and oxygen atoms in total. The molecule has 0 saturated heterocycles. The first-order chi connectivity index (χ1) is 10.1.